The second kappa shape index (κ2) is 7.84. The van der Waals surface area contributed by atoms with E-state index in [-0.39, 0.29) is 22.7 Å². The molecule has 0 amide bonds. The summed E-state index contributed by atoms with van der Waals surface area (Å²) in [4.78, 5) is 12.6. The van der Waals surface area contributed by atoms with Crippen LogP contribution >= 0.6 is 0 Å². The molecule has 0 saturated carbocycles. The molecule has 7 heteroatoms. The molecule has 2 aromatic heterocycles. The van der Waals surface area contributed by atoms with Crippen LogP contribution < -0.4 is 10.2 Å². The van der Waals surface area contributed by atoms with E-state index in [0.29, 0.717) is 12.3 Å². The number of aryl methyl sites for hydroxylation is 1. The minimum atomic E-state index is -3.24. The summed E-state index contributed by atoms with van der Waals surface area (Å²) >= 11 is 0. The molecule has 0 atom stereocenters. The number of nitrogens with zero attached hydrogens (tertiary/aromatic N) is 1. The lowest BCUT2D eigenvalue weighted by Crippen LogP contribution is -2.09. The molecule has 0 aliphatic carbocycles. The van der Waals surface area contributed by atoms with Gasteiger partial charge in [-0.25, -0.2) is 8.42 Å². The largest absolute Gasteiger partial charge is 0.482 e. The van der Waals surface area contributed by atoms with Gasteiger partial charge in [0.05, 0.1) is 11.4 Å². The maximum absolute atomic E-state index is 12.4. The van der Waals surface area contributed by atoms with Gasteiger partial charge in [-0.1, -0.05) is 29.8 Å². The van der Waals surface area contributed by atoms with Crippen LogP contribution in [0.5, 0.6) is 5.75 Å². The molecule has 0 N–H and O–H groups in total. The average Bonchev–Trinajstić information content (AvgIpc) is 3.08. The van der Waals surface area contributed by atoms with Gasteiger partial charge in [0.2, 0.25) is 11.2 Å². The number of sulfone groups is 1. The predicted octanol–water partition coefficient (Wildman–Crippen LogP) is 3.93. The molecule has 2 aromatic carbocycles. The van der Waals surface area contributed by atoms with Crippen LogP contribution in [0.25, 0.3) is 10.8 Å². The molecular formula is C23H21NO5S. The second-order valence-electron chi connectivity index (χ2n) is 7.34. The summed E-state index contributed by atoms with van der Waals surface area (Å²) in [5.74, 6) is 0.640. The fraction of sp³-hybridized carbons (Fsp3) is 0.174. The number of fused-ring (bicyclic) bond motifs is 1. The first kappa shape index (κ1) is 20.0. The molecule has 4 aromatic rings. The summed E-state index contributed by atoms with van der Waals surface area (Å²) in [5.41, 5.74) is 1.68. The van der Waals surface area contributed by atoms with E-state index in [1.54, 1.807) is 12.1 Å². The molecule has 2 heterocycles. The highest BCUT2D eigenvalue weighted by Gasteiger charge is 2.09. The minimum absolute atomic E-state index is 0.110. The number of ether oxygens (including phenoxy) is 1. The molecule has 0 aliphatic heterocycles. The summed E-state index contributed by atoms with van der Waals surface area (Å²) in [6.07, 6.45) is 6.50. The highest BCUT2D eigenvalue weighted by Crippen LogP contribution is 2.18. The molecule has 30 heavy (non-hydrogen) atoms. The van der Waals surface area contributed by atoms with Crippen molar-refractivity contribution in [2.45, 2.75) is 25.0 Å². The van der Waals surface area contributed by atoms with E-state index in [1.807, 2.05) is 17.0 Å². The van der Waals surface area contributed by atoms with E-state index in [1.165, 1.54) is 30.0 Å². The van der Waals surface area contributed by atoms with Crippen molar-refractivity contribution in [3.63, 3.8) is 0 Å². The molecule has 0 fully saturated rings. The highest BCUT2D eigenvalue weighted by atomic mass is 32.2. The molecule has 0 spiro atoms. The lowest BCUT2D eigenvalue weighted by atomic mass is 10.1. The summed E-state index contributed by atoms with van der Waals surface area (Å²) < 4.78 is 36.1. The molecule has 0 bridgehead atoms. The second-order valence-corrected chi connectivity index (χ2v) is 9.36. The Morgan fingerprint density at radius 1 is 1.00 bits per heavy atom. The van der Waals surface area contributed by atoms with Crippen LogP contribution in [0.4, 0.5) is 0 Å². The van der Waals surface area contributed by atoms with Crippen molar-refractivity contribution >= 4 is 20.6 Å². The summed E-state index contributed by atoms with van der Waals surface area (Å²) in [7, 11) is -3.24. The maximum atomic E-state index is 12.4. The quantitative estimate of drug-likeness (QED) is 0.469. The molecular weight excluding hydrogens is 402 g/mol. The lowest BCUT2D eigenvalue weighted by Gasteiger charge is -2.07. The number of hydrogen-bond donors (Lipinski definition) is 0. The van der Waals surface area contributed by atoms with Crippen LogP contribution in [0, 0.1) is 6.92 Å². The van der Waals surface area contributed by atoms with Crippen molar-refractivity contribution in [3.8, 4) is 5.75 Å². The van der Waals surface area contributed by atoms with Gasteiger partial charge < -0.3 is 13.7 Å². The summed E-state index contributed by atoms with van der Waals surface area (Å²) in [6.45, 7) is 2.63. The lowest BCUT2D eigenvalue weighted by molar-refractivity contribution is 0.289. The summed E-state index contributed by atoms with van der Waals surface area (Å²) in [6, 6.07) is 14.0. The molecule has 4 rings (SSSR count). The molecule has 0 saturated heterocycles. The van der Waals surface area contributed by atoms with Gasteiger partial charge in [-0.05, 0) is 41.5 Å². The molecule has 6 nitrogen and oxygen atoms in total. The zero-order valence-electron chi connectivity index (χ0n) is 16.7. The Kier molecular flexibility index (Phi) is 5.22. The van der Waals surface area contributed by atoms with E-state index < -0.39 is 9.84 Å². The van der Waals surface area contributed by atoms with Crippen molar-refractivity contribution in [2.24, 2.45) is 0 Å². The van der Waals surface area contributed by atoms with Gasteiger partial charge in [0.25, 0.3) is 0 Å². The van der Waals surface area contributed by atoms with Gasteiger partial charge in [-0.3, -0.25) is 4.79 Å². The Morgan fingerprint density at radius 2 is 1.73 bits per heavy atom. The predicted molar refractivity (Wildman–Crippen MR) is 115 cm³/mol. The molecule has 0 radical (unpaired) electrons. The van der Waals surface area contributed by atoms with E-state index >= 15 is 0 Å². The van der Waals surface area contributed by atoms with Crippen molar-refractivity contribution < 1.29 is 17.6 Å². The van der Waals surface area contributed by atoms with Crippen LogP contribution in [0.1, 0.15) is 16.9 Å². The van der Waals surface area contributed by atoms with Crippen molar-refractivity contribution in [3.05, 3.63) is 94.3 Å². The Hall–Kier alpha value is -3.32. The van der Waals surface area contributed by atoms with Crippen molar-refractivity contribution in [1.29, 1.82) is 0 Å². The van der Waals surface area contributed by atoms with Gasteiger partial charge in [0.15, 0.2) is 9.84 Å². The van der Waals surface area contributed by atoms with Crippen molar-refractivity contribution in [1.82, 2.24) is 4.57 Å². The van der Waals surface area contributed by atoms with E-state index in [4.69, 9.17) is 9.15 Å². The van der Waals surface area contributed by atoms with Crippen LogP contribution in [-0.4, -0.2) is 19.2 Å². The zero-order valence-corrected chi connectivity index (χ0v) is 17.5. The smallest absolute Gasteiger partial charge is 0.227 e. The first-order valence-electron chi connectivity index (χ1n) is 9.37. The van der Waals surface area contributed by atoms with Crippen LogP contribution in [0.15, 0.2) is 81.3 Å². The van der Waals surface area contributed by atoms with Crippen LogP contribution in [0.3, 0.4) is 0 Å². The first-order chi connectivity index (χ1) is 14.3. The third kappa shape index (κ3) is 4.46. The minimum Gasteiger partial charge on any atom is -0.482 e. The Labute approximate surface area is 174 Å². The normalized spacial score (nSPS) is 11.7. The zero-order chi connectivity index (χ0) is 21.3. The Balaban J connectivity index is 1.44. The van der Waals surface area contributed by atoms with Gasteiger partial charge >= 0.3 is 0 Å². The topological polar surface area (TPSA) is 78.5 Å². The van der Waals surface area contributed by atoms with Gasteiger partial charge in [0.1, 0.15) is 18.6 Å². The van der Waals surface area contributed by atoms with E-state index in [2.05, 4.69) is 25.1 Å². The SMILES string of the molecule is Cc1ccc2cn(Cc3cc(=O)c(OCc4ccc(S(C)(=O)=O)cc4)co3)cc2c1. The number of rotatable bonds is 6. The van der Waals surface area contributed by atoms with E-state index in [0.717, 1.165) is 22.6 Å². The standard InChI is InChI=1S/C23H21NO5S/c1-16-3-6-18-11-24(12-19(18)9-16)13-20-10-22(25)23(15-28-20)29-14-17-4-7-21(8-5-17)30(2,26)27/h3-12,15H,13-14H2,1-2H3. The number of aromatic nitrogens is 1. The van der Waals surface area contributed by atoms with Crippen molar-refractivity contribution in [2.75, 3.05) is 6.26 Å². The summed E-state index contributed by atoms with van der Waals surface area (Å²) in [5, 5.41) is 2.27. The van der Waals surface area contributed by atoms with Gasteiger partial charge in [-0.2, -0.15) is 0 Å². The van der Waals surface area contributed by atoms with Crippen LogP contribution in [-0.2, 0) is 23.0 Å². The van der Waals surface area contributed by atoms with Crippen LogP contribution in [0.2, 0.25) is 0 Å². The van der Waals surface area contributed by atoms with E-state index in [9.17, 15) is 13.2 Å². The van der Waals surface area contributed by atoms with Gasteiger partial charge in [0, 0.05) is 24.7 Å². The Morgan fingerprint density at radius 3 is 2.43 bits per heavy atom. The maximum Gasteiger partial charge on any atom is 0.227 e. The number of benzene rings is 2. The molecule has 0 aliphatic rings. The molecule has 0 unspecified atom stereocenters. The fourth-order valence-corrected chi connectivity index (χ4v) is 3.84. The fourth-order valence-electron chi connectivity index (χ4n) is 3.21. The Bertz CT molecular complexity index is 1360. The van der Waals surface area contributed by atoms with Gasteiger partial charge in [-0.15, -0.1) is 0 Å². The average molecular weight is 423 g/mol. The molecule has 154 valence electrons. The third-order valence-corrected chi connectivity index (χ3v) is 5.92. The first-order valence-corrected chi connectivity index (χ1v) is 11.3. The monoisotopic (exact) mass is 423 g/mol. The highest BCUT2D eigenvalue weighted by molar-refractivity contribution is 7.90. The third-order valence-electron chi connectivity index (χ3n) is 4.79. The number of hydrogen-bond acceptors (Lipinski definition) is 5.